The van der Waals surface area contributed by atoms with Gasteiger partial charge in [0, 0.05) is 12.6 Å². The molecule has 0 aromatic carbocycles. The quantitative estimate of drug-likeness (QED) is 0.592. The van der Waals surface area contributed by atoms with E-state index in [9.17, 15) is 9.90 Å². The van der Waals surface area contributed by atoms with Gasteiger partial charge in [-0.15, -0.1) is 0 Å². The van der Waals surface area contributed by atoms with Crippen molar-refractivity contribution in [1.82, 2.24) is 5.32 Å². The van der Waals surface area contributed by atoms with Crippen molar-refractivity contribution in [3.8, 4) is 0 Å². The number of hydrogen-bond acceptors (Lipinski definition) is 3. The number of carboxylic acid groups (broad SMARTS) is 1. The Balaban J connectivity index is 2.28. The Morgan fingerprint density at radius 1 is 1.60 bits per heavy atom. The van der Waals surface area contributed by atoms with Crippen molar-refractivity contribution < 1.29 is 15.0 Å². The summed E-state index contributed by atoms with van der Waals surface area (Å²) in [5.41, 5.74) is -1.66. The summed E-state index contributed by atoms with van der Waals surface area (Å²) in [6.45, 7) is 3.52. The second-order valence-electron chi connectivity index (χ2n) is 4.74. The van der Waals surface area contributed by atoms with Crippen LogP contribution in [-0.2, 0) is 4.79 Å². The van der Waals surface area contributed by atoms with Gasteiger partial charge in [-0.3, -0.25) is 0 Å². The van der Waals surface area contributed by atoms with Crippen molar-refractivity contribution in [2.24, 2.45) is 5.92 Å². The largest absolute Gasteiger partial charge is 0.479 e. The van der Waals surface area contributed by atoms with Gasteiger partial charge in [0.1, 0.15) is 0 Å². The van der Waals surface area contributed by atoms with Crippen LogP contribution in [0.4, 0.5) is 0 Å². The molecule has 0 spiro atoms. The Morgan fingerprint density at radius 2 is 2.20 bits per heavy atom. The second kappa shape index (κ2) is 4.94. The smallest absolute Gasteiger partial charge is 0.336 e. The van der Waals surface area contributed by atoms with Gasteiger partial charge in [-0.2, -0.15) is 0 Å². The van der Waals surface area contributed by atoms with E-state index in [0.717, 1.165) is 18.8 Å². The molecule has 1 aliphatic rings. The number of hydrogen-bond donors (Lipinski definition) is 3. The van der Waals surface area contributed by atoms with Crippen LogP contribution in [0.25, 0.3) is 0 Å². The summed E-state index contributed by atoms with van der Waals surface area (Å²) in [5, 5.41) is 21.4. The Bertz CT molecular complexity index is 224. The van der Waals surface area contributed by atoms with Crippen LogP contribution >= 0.6 is 0 Å². The third kappa shape index (κ3) is 4.18. The number of nitrogens with one attached hydrogen (secondary N) is 1. The molecule has 0 radical (unpaired) electrons. The van der Waals surface area contributed by atoms with Crippen LogP contribution < -0.4 is 5.32 Å². The van der Waals surface area contributed by atoms with Gasteiger partial charge in [-0.05, 0) is 25.7 Å². The Morgan fingerprint density at radius 3 is 2.60 bits per heavy atom. The molecule has 2 atom stereocenters. The van der Waals surface area contributed by atoms with Gasteiger partial charge in [0.2, 0.25) is 0 Å². The summed E-state index contributed by atoms with van der Waals surface area (Å²) >= 11 is 0. The Hall–Kier alpha value is -0.610. The van der Waals surface area contributed by atoms with E-state index in [1.54, 1.807) is 0 Å². The van der Waals surface area contributed by atoms with E-state index in [-0.39, 0.29) is 6.54 Å². The fourth-order valence-corrected chi connectivity index (χ4v) is 1.57. The van der Waals surface area contributed by atoms with Crippen molar-refractivity contribution in [2.75, 3.05) is 6.54 Å². The lowest BCUT2D eigenvalue weighted by Crippen LogP contribution is -2.47. The molecular formula is C11H21NO3. The summed E-state index contributed by atoms with van der Waals surface area (Å²) < 4.78 is 0. The van der Waals surface area contributed by atoms with Crippen molar-refractivity contribution >= 4 is 5.97 Å². The van der Waals surface area contributed by atoms with Gasteiger partial charge in [0.15, 0.2) is 5.60 Å². The molecule has 0 aromatic rings. The van der Waals surface area contributed by atoms with Crippen LogP contribution in [0.2, 0.25) is 0 Å². The van der Waals surface area contributed by atoms with Crippen LogP contribution in [0.5, 0.6) is 0 Å². The molecule has 1 fully saturated rings. The molecule has 0 aromatic heterocycles. The number of rotatable bonds is 7. The normalized spacial score (nSPS) is 22.1. The van der Waals surface area contributed by atoms with E-state index in [1.807, 2.05) is 0 Å². The first-order chi connectivity index (χ1) is 6.95. The average Bonchev–Trinajstić information content (AvgIpc) is 2.95. The monoisotopic (exact) mass is 215 g/mol. The minimum absolute atomic E-state index is 0.119. The van der Waals surface area contributed by atoms with Gasteiger partial charge in [0.05, 0.1) is 0 Å². The molecule has 3 N–H and O–H groups in total. The fraction of sp³-hybridized carbons (Fsp3) is 0.909. The lowest BCUT2D eigenvalue weighted by molar-refractivity contribution is -0.156. The number of carboxylic acids is 1. The van der Waals surface area contributed by atoms with Crippen LogP contribution in [0.1, 0.15) is 39.5 Å². The van der Waals surface area contributed by atoms with Crippen molar-refractivity contribution in [3.63, 3.8) is 0 Å². The Labute approximate surface area is 90.7 Å². The molecule has 1 aliphatic carbocycles. The van der Waals surface area contributed by atoms with Crippen molar-refractivity contribution in [2.45, 2.75) is 51.2 Å². The third-order valence-electron chi connectivity index (χ3n) is 3.00. The summed E-state index contributed by atoms with van der Waals surface area (Å²) in [4.78, 5) is 10.7. The van der Waals surface area contributed by atoms with Crippen molar-refractivity contribution in [3.05, 3.63) is 0 Å². The molecule has 4 heteroatoms. The molecule has 4 nitrogen and oxygen atoms in total. The fourth-order valence-electron chi connectivity index (χ4n) is 1.57. The second-order valence-corrected chi connectivity index (χ2v) is 4.74. The maximum atomic E-state index is 10.7. The zero-order valence-electron chi connectivity index (χ0n) is 9.49. The molecule has 0 amide bonds. The lowest BCUT2D eigenvalue weighted by Gasteiger charge is -2.23. The van der Waals surface area contributed by atoms with Gasteiger partial charge >= 0.3 is 5.97 Å². The minimum Gasteiger partial charge on any atom is -0.479 e. The van der Waals surface area contributed by atoms with Crippen LogP contribution in [0.15, 0.2) is 0 Å². The SMILES string of the molecule is CCC(CC1CC1)NCC(C)(O)C(=O)O. The standard InChI is InChI=1S/C11H21NO3/c1-3-9(6-8-4-5-8)12-7-11(2,15)10(13)14/h8-9,12,15H,3-7H2,1-2H3,(H,13,14). The van der Waals surface area contributed by atoms with Crippen LogP contribution in [0.3, 0.4) is 0 Å². The highest BCUT2D eigenvalue weighted by Gasteiger charge is 2.31. The van der Waals surface area contributed by atoms with E-state index in [4.69, 9.17) is 5.11 Å². The number of carbonyl (C=O) groups is 1. The highest BCUT2D eigenvalue weighted by Crippen LogP contribution is 2.34. The summed E-state index contributed by atoms with van der Waals surface area (Å²) in [7, 11) is 0. The van der Waals surface area contributed by atoms with Gasteiger partial charge in [-0.25, -0.2) is 4.79 Å². The first-order valence-corrected chi connectivity index (χ1v) is 5.65. The number of aliphatic carboxylic acids is 1. The van der Waals surface area contributed by atoms with E-state index in [0.29, 0.717) is 6.04 Å². The molecule has 15 heavy (non-hydrogen) atoms. The minimum atomic E-state index is -1.66. The third-order valence-corrected chi connectivity index (χ3v) is 3.00. The zero-order valence-corrected chi connectivity index (χ0v) is 9.49. The van der Waals surface area contributed by atoms with Gasteiger partial charge in [-0.1, -0.05) is 19.8 Å². The molecule has 1 rings (SSSR count). The molecule has 0 heterocycles. The average molecular weight is 215 g/mol. The molecule has 0 aliphatic heterocycles. The molecule has 1 saturated carbocycles. The highest BCUT2D eigenvalue weighted by molar-refractivity contribution is 5.76. The first kappa shape index (κ1) is 12.5. The van der Waals surface area contributed by atoms with E-state index < -0.39 is 11.6 Å². The van der Waals surface area contributed by atoms with Crippen LogP contribution in [-0.4, -0.2) is 34.4 Å². The van der Waals surface area contributed by atoms with E-state index >= 15 is 0 Å². The van der Waals surface area contributed by atoms with Gasteiger partial charge in [0.25, 0.3) is 0 Å². The van der Waals surface area contributed by atoms with Crippen LogP contribution in [0, 0.1) is 5.92 Å². The van der Waals surface area contributed by atoms with Crippen molar-refractivity contribution in [1.29, 1.82) is 0 Å². The molecule has 0 saturated heterocycles. The first-order valence-electron chi connectivity index (χ1n) is 5.65. The van der Waals surface area contributed by atoms with E-state index in [2.05, 4.69) is 12.2 Å². The maximum absolute atomic E-state index is 10.7. The predicted molar refractivity (Wildman–Crippen MR) is 57.7 cm³/mol. The van der Waals surface area contributed by atoms with Gasteiger partial charge < -0.3 is 15.5 Å². The molecular weight excluding hydrogens is 194 g/mol. The maximum Gasteiger partial charge on any atom is 0.336 e. The molecule has 2 unspecified atom stereocenters. The number of aliphatic hydroxyl groups is 1. The highest BCUT2D eigenvalue weighted by atomic mass is 16.4. The lowest BCUT2D eigenvalue weighted by atomic mass is 10.0. The van der Waals surface area contributed by atoms with E-state index in [1.165, 1.54) is 19.8 Å². The Kier molecular flexibility index (Phi) is 4.11. The topological polar surface area (TPSA) is 69.6 Å². The summed E-state index contributed by atoms with van der Waals surface area (Å²) in [5.74, 6) is -0.353. The zero-order chi connectivity index (χ0) is 11.5. The predicted octanol–water partition coefficient (Wildman–Crippen LogP) is 0.990. The molecule has 0 bridgehead atoms. The summed E-state index contributed by atoms with van der Waals surface area (Å²) in [6, 6.07) is 0.336. The molecule has 88 valence electrons. The summed E-state index contributed by atoms with van der Waals surface area (Å²) in [6.07, 6.45) is 4.68.